The van der Waals surface area contributed by atoms with Crippen molar-refractivity contribution >= 4 is 28.0 Å². The zero-order chi connectivity index (χ0) is 18.1. The number of methoxy groups -OCH3 is 1. The summed E-state index contributed by atoms with van der Waals surface area (Å²) in [5.74, 6) is 0.537. The highest BCUT2D eigenvalue weighted by Gasteiger charge is 2.17. The molecule has 0 spiro atoms. The molecule has 0 saturated heterocycles. The molecule has 1 amide bonds. The molecule has 130 valence electrons. The molecule has 3 heterocycles. The SMILES string of the molecule is COc1cccc(-c2csc(NC(=O)c3c(C)nc4ccccn34)n2)c1. The van der Waals surface area contributed by atoms with Crippen molar-refractivity contribution in [3.05, 3.63) is 65.4 Å². The van der Waals surface area contributed by atoms with Crippen LogP contribution < -0.4 is 10.1 Å². The van der Waals surface area contributed by atoms with Gasteiger partial charge in [0.25, 0.3) is 5.91 Å². The number of nitrogens with one attached hydrogen (secondary N) is 1. The van der Waals surface area contributed by atoms with E-state index in [1.165, 1.54) is 11.3 Å². The fraction of sp³-hybridized carbons (Fsp3) is 0.105. The third-order valence-electron chi connectivity index (χ3n) is 4.01. The van der Waals surface area contributed by atoms with E-state index in [-0.39, 0.29) is 5.91 Å². The van der Waals surface area contributed by atoms with Gasteiger partial charge in [0.2, 0.25) is 0 Å². The Morgan fingerprint density at radius 1 is 1.19 bits per heavy atom. The number of carbonyl (C=O) groups excluding carboxylic acids is 1. The number of imidazole rings is 1. The van der Waals surface area contributed by atoms with Crippen molar-refractivity contribution in [3.63, 3.8) is 0 Å². The van der Waals surface area contributed by atoms with Crippen molar-refractivity contribution in [3.8, 4) is 17.0 Å². The summed E-state index contributed by atoms with van der Waals surface area (Å²) in [7, 11) is 1.63. The summed E-state index contributed by atoms with van der Waals surface area (Å²) in [6.45, 7) is 1.82. The minimum absolute atomic E-state index is 0.229. The second-order valence-electron chi connectivity index (χ2n) is 5.70. The van der Waals surface area contributed by atoms with E-state index in [2.05, 4.69) is 15.3 Å². The Kier molecular flexibility index (Phi) is 4.14. The lowest BCUT2D eigenvalue weighted by atomic mass is 10.2. The van der Waals surface area contributed by atoms with E-state index in [1.54, 1.807) is 11.5 Å². The topological polar surface area (TPSA) is 68.5 Å². The molecule has 1 aromatic carbocycles. The van der Waals surface area contributed by atoms with Crippen LogP contribution in [0.1, 0.15) is 16.2 Å². The summed E-state index contributed by atoms with van der Waals surface area (Å²) in [4.78, 5) is 21.7. The summed E-state index contributed by atoms with van der Waals surface area (Å²) >= 11 is 1.38. The lowest BCUT2D eigenvalue weighted by molar-refractivity contribution is 0.102. The highest BCUT2D eigenvalue weighted by molar-refractivity contribution is 7.14. The van der Waals surface area contributed by atoms with Crippen LogP contribution in [0.25, 0.3) is 16.9 Å². The van der Waals surface area contributed by atoms with Gasteiger partial charge in [-0.1, -0.05) is 18.2 Å². The summed E-state index contributed by atoms with van der Waals surface area (Å²) in [6.07, 6.45) is 1.83. The van der Waals surface area contributed by atoms with Crippen LogP contribution in [0.2, 0.25) is 0 Å². The highest BCUT2D eigenvalue weighted by atomic mass is 32.1. The van der Waals surface area contributed by atoms with Gasteiger partial charge in [-0.25, -0.2) is 9.97 Å². The number of carbonyl (C=O) groups is 1. The lowest BCUT2D eigenvalue weighted by Crippen LogP contribution is -2.15. The molecule has 0 fully saturated rings. The molecule has 7 heteroatoms. The number of ether oxygens (including phenoxy) is 1. The van der Waals surface area contributed by atoms with Crippen molar-refractivity contribution in [1.82, 2.24) is 14.4 Å². The van der Waals surface area contributed by atoms with Gasteiger partial charge in [0.15, 0.2) is 5.13 Å². The molecule has 0 aliphatic heterocycles. The predicted octanol–water partition coefficient (Wildman–Crippen LogP) is 4.03. The Bertz CT molecular complexity index is 1100. The first-order valence-electron chi connectivity index (χ1n) is 8.00. The van der Waals surface area contributed by atoms with E-state index < -0.39 is 0 Å². The molecule has 1 N–H and O–H groups in total. The molecule has 0 atom stereocenters. The molecule has 26 heavy (non-hydrogen) atoms. The Labute approximate surface area is 154 Å². The number of rotatable bonds is 4. The molecular formula is C19H16N4O2S. The van der Waals surface area contributed by atoms with Crippen molar-refractivity contribution in [2.75, 3.05) is 12.4 Å². The van der Waals surface area contributed by atoms with Gasteiger partial charge < -0.3 is 4.74 Å². The number of aromatic nitrogens is 3. The molecule has 3 aromatic heterocycles. The van der Waals surface area contributed by atoms with E-state index in [1.807, 2.05) is 61.0 Å². The maximum Gasteiger partial charge on any atom is 0.276 e. The molecule has 0 unspecified atom stereocenters. The number of pyridine rings is 1. The number of fused-ring (bicyclic) bond motifs is 1. The number of nitrogens with zero attached hydrogens (tertiary/aromatic N) is 3. The van der Waals surface area contributed by atoms with E-state index in [0.29, 0.717) is 16.5 Å². The maximum absolute atomic E-state index is 12.7. The number of anilines is 1. The number of hydrogen-bond donors (Lipinski definition) is 1. The second-order valence-corrected chi connectivity index (χ2v) is 6.56. The summed E-state index contributed by atoms with van der Waals surface area (Å²) in [5, 5.41) is 5.32. The average molecular weight is 364 g/mol. The molecule has 0 bridgehead atoms. The molecule has 0 aliphatic carbocycles. The lowest BCUT2D eigenvalue weighted by Gasteiger charge is -2.03. The zero-order valence-electron chi connectivity index (χ0n) is 14.3. The predicted molar refractivity (Wildman–Crippen MR) is 102 cm³/mol. The number of thiazole rings is 1. The number of amides is 1. The van der Waals surface area contributed by atoms with Crippen LogP contribution in [0.15, 0.2) is 54.0 Å². The van der Waals surface area contributed by atoms with Gasteiger partial charge in [0.1, 0.15) is 17.1 Å². The largest absolute Gasteiger partial charge is 0.497 e. The van der Waals surface area contributed by atoms with Gasteiger partial charge in [-0.2, -0.15) is 0 Å². The molecule has 0 saturated carbocycles. The van der Waals surface area contributed by atoms with E-state index in [4.69, 9.17) is 4.74 Å². The van der Waals surface area contributed by atoms with Crippen LogP contribution in [0.4, 0.5) is 5.13 Å². The first-order valence-corrected chi connectivity index (χ1v) is 8.88. The quantitative estimate of drug-likeness (QED) is 0.594. The van der Waals surface area contributed by atoms with Crippen LogP contribution in [-0.4, -0.2) is 27.4 Å². The Morgan fingerprint density at radius 2 is 2.08 bits per heavy atom. The van der Waals surface area contributed by atoms with Crippen molar-refractivity contribution in [2.45, 2.75) is 6.92 Å². The van der Waals surface area contributed by atoms with Crippen LogP contribution in [0, 0.1) is 6.92 Å². The van der Waals surface area contributed by atoms with Crippen LogP contribution in [0.5, 0.6) is 5.75 Å². The Balaban J connectivity index is 1.60. The van der Waals surface area contributed by atoms with Gasteiger partial charge in [-0.3, -0.25) is 14.5 Å². The third kappa shape index (κ3) is 2.93. The molecule has 6 nitrogen and oxygen atoms in total. The molecule has 4 aromatic rings. The average Bonchev–Trinajstić information content (AvgIpc) is 3.25. The monoisotopic (exact) mass is 364 g/mol. The van der Waals surface area contributed by atoms with Crippen LogP contribution in [0.3, 0.4) is 0 Å². The fourth-order valence-corrected chi connectivity index (χ4v) is 3.50. The molecule has 0 aliphatic rings. The summed E-state index contributed by atoms with van der Waals surface area (Å²) in [5.41, 5.74) is 3.66. The number of hydrogen-bond acceptors (Lipinski definition) is 5. The van der Waals surface area contributed by atoms with Gasteiger partial charge in [0.05, 0.1) is 18.5 Å². The van der Waals surface area contributed by atoms with Crippen LogP contribution >= 0.6 is 11.3 Å². The van der Waals surface area contributed by atoms with Gasteiger partial charge in [-0.05, 0) is 31.2 Å². The normalized spacial score (nSPS) is 10.8. The highest BCUT2D eigenvalue weighted by Crippen LogP contribution is 2.27. The minimum Gasteiger partial charge on any atom is -0.497 e. The van der Waals surface area contributed by atoms with Crippen molar-refractivity contribution < 1.29 is 9.53 Å². The number of benzene rings is 1. The third-order valence-corrected chi connectivity index (χ3v) is 4.77. The van der Waals surface area contributed by atoms with Crippen LogP contribution in [-0.2, 0) is 0 Å². The standard InChI is InChI=1S/C19H16N4O2S/c1-12-17(23-9-4-3-8-16(23)20-12)18(24)22-19-21-15(11-26-19)13-6-5-7-14(10-13)25-2/h3-11H,1-2H3,(H,21,22,24). The minimum atomic E-state index is -0.229. The summed E-state index contributed by atoms with van der Waals surface area (Å²) < 4.78 is 7.03. The molecule has 4 rings (SSSR count). The van der Waals surface area contributed by atoms with E-state index in [9.17, 15) is 4.79 Å². The molecular weight excluding hydrogens is 348 g/mol. The van der Waals surface area contributed by atoms with Gasteiger partial charge in [-0.15, -0.1) is 11.3 Å². The Hall–Kier alpha value is -3.19. The van der Waals surface area contributed by atoms with Gasteiger partial charge >= 0.3 is 0 Å². The van der Waals surface area contributed by atoms with Crippen molar-refractivity contribution in [1.29, 1.82) is 0 Å². The smallest absolute Gasteiger partial charge is 0.276 e. The fourth-order valence-electron chi connectivity index (χ4n) is 2.79. The summed E-state index contributed by atoms with van der Waals surface area (Å²) in [6, 6.07) is 13.3. The second kappa shape index (κ2) is 6.61. The van der Waals surface area contributed by atoms with Gasteiger partial charge in [0, 0.05) is 17.1 Å². The van der Waals surface area contributed by atoms with E-state index >= 15 is 0 Å². The molecule has 0 radical (unpaired) electrons. The zero-order valence-corrected chi connectivity index (χ0v) is 15.1. The first kappa shape index (κ1) is 16.3. The first-order chi connectivity index (χ1) is 12.7. The van der Waals surface area contributed by atoms with E-state index in [0.717, 1.165) is 22.7 Å². The van der Waals surface area contributed by atoms with Crippen molar-refractivity contribution in [2.24, 2.45) is 0 Å². The number of aryl methyl sites for hydroxylation is 1. The maximum atomic E-state index is 12.7. The Morgan fingerprint density at radius 3 is 2.92 bits per heavy atom.